The van der Waals surface area contributed by atoms with Gasteiger partial charge in [-0.1, -0.05) is 0 Å². The van der Waals surface area contributed by atoms with E-state index in [2.05, 4.69) is 0 Å². The Morgan fingerprint density at radius 1 is 1.50 bits per heavy atom. The Balaban J connectivity index is 2.40. The fraction of sp³-hybridized carbons (Fsp3) is 0.800. The van der Waals surface area contributed by atoms with Crippen molar-refractivity contribution >= 4 is 16.8 Å². The van der Waals surface area contributed by atoms with Gasteiger partial charge in [0.1, 0.15) is 0 Å². The van der Waals surface area contributed by atoms with E-state index in [1.807, 2.05) is 0 Å². The van der Waals surface area contributed by atoms with Gasteiger partial charge in [0.2, 0.25) is 0 Å². The fourth-order valence-corrected chi connectivity index (χ4v) is 1.93. The molecular weight excluding hydrogens is 152 g/mol. The maximum absolute atomic E-state index is 10.3. The van der Waals surface area contributed by atoms with Crippen molar-refractivity contribution < 1.29 is 9.90 Å². The summed E-state index contributed by atoms with van der Waals surface area (Å²) in [6.45, 7) is 1.09. The van der Waals surface area contributed by atoms with Gasteiger partial charge in [0.15, 0.2) is 0 Å². The molecule has 1 heterocycles. The van der Waals surface area contributed by atoms with Gasteiger partial charge >= 0.3 is 6.09 Å². The third-order valence-corrected chi connectivity index (χ3v) is 2.84. The molecule has 58 valence electrons. The molecule has 1 aliphatic rings. The van der Waals surface area contributed by atoms with E-state index >= 15 is 0 Å². The molecule has 1 fully saturated rings. The molecule has 0 atom stereocenters. The van der Waals surface area contributed by atoms with Gasteiger partial charge < -0.3 is 10.0 Å². The Morgan fingerprint density at radius 2 is 2.00 bits per heavy atom. The van der Waals surface area contributed by atoms with E-state index in [0.29, 0.717) is 24.6 Å². The highest BCUT2D eigenvalue weighted by atomic mass is 32.2. The Hall–Kier alpha value is -0.580. The number of nitrogens with zero attached hydrogens (tertiary/aromatic N) is 1. The lowest BCUT2D eigenvalue weighted by Crippen LogP contribution is -2.40. The maximum Gasteiger partial charge on any atom is 0.407 e. The van der Waals surface area contributed by atoms with Crippen LogP contribution in [-0.2, 0) is 10.7 Å². The van der Waals surface area contributed by atoms with Crippen LogP contribution in [0.4, 0.5) is 4.79 Å². The van der Waals surface area contributed by atoms with Crippen LogP contribution in [0.2, 0.25) is 0 Å². The molecule has 0 radical (unpaired) electrons. The summed E-state index contributed by atoms with van der Waals surface area (Å²) in [6.07, 6.45) is -0.850. The highest BCUT2D eigenvalue weighted by Crippen LogP contribution is 1.99. The molecule has 0 saturated carbocycles. The molecule has 0 aromatic carbocycles. The van der Waals surface area contributed by atoms with Crippen LogP contribution < -0.4 is 0 Å². The van der Waals surface area contributed by atoms with Gasteiger partial charge in [-0.2, -0.15) is 0 Å². The molecule has 0 aromatic heterocycles. The zero-order valence-corrected chi connectivity index (χ0v) is 6.36. The highest BCUT2D eigenvalue weighted by Gasteiger charge is 2.16. The summed E-state index contributed by atoms with van der Waals surface area (Å²) in [4.78, 5) is 11.7. The molecule has 0 aliphatic carbocycles. The Morgan fingerprint density at radius 3 is 2.40 bits per heavy atom. The molecule has 1 rings (SSSR count). The van der Waals surface area contributed by atoms with E-state index in [4.69, 9.17) is 9.89 Å². The van der Waals surface area contributed by atoms with Gasteiger partial charge in [0.05, 0.1) is 0 Å². The molecule has 5 heteroatoms. The van der Waals surface area contributed by atoms with Crippen LogP contribution in [-0.4, -0.2) is 40.7 Å². The molecular formula is C5H10N2O2S. The Bertz CT molecular complexity index is 161. The number of carboxylic acid groups (broad SMARTS) is 1. The molecule has 1 aliphatic heterocycles. The predicted molar refractivity (Wildman–Crippen MR) is 39.4 cm³/mol. The van der Waals surface area contributed by atoms with Crippen LogP contribution in [0.1, 0.15) is 0 Å². The Labute approximate surface area is 61.7 Å². The summed E-state index contributed by atoms with van der Waals surface area (Å²) >= 11 is 0. The first-order valence-corrected chi connectivity index (χ1v) is 4.63. The second kappa shape index (κ2) is 3.01. The van der Waals surface area contributed by atoms with Crippen molar-refractivity contribution in [2.24, 2.45) is 0 Å². The van der Waals surface area contributed by atoms with E-state index < -0.39 is 6.09 Å². The molecule has 1 amide bonds. The van der Waals surface area contributed by atoms with E-state index in [1.54, 1.807) is 0 Å². The van der Waals surface area contributed by atoms with Gasteiger partial charge in [-0.05, 0) is 0 Å². The molecule has 4 nitrogen and oxygen atoms in total. The lowest BCUT2D eigenvalue weighted by molar-refractivity contribution is 0.150. The molecule has 0 aromatic rings. The topological polar surface area (TPSA) is 64.4 Å². The smallest absolute Gasteiger partial charge is 0.407 e. The second-order valence-corrected chi connectivity index (χ2v) is 3.97. The minimum atomic E-state index is -0.850. The SMILES string of the molecule is N=S1CCN(C(=O)O)CC1. The lowest BCUT2D eigenvalue weighted by atomic mass is 10.5. The second-order valence-electron chi connectivity index (χ2n) is 2.17. The summed E-state index contributed by atoms with van der Waals surface area (Å²) in [5, 5.41) is 8.49. The summed E-state index contributed by atoms with van der Waals surface area (Å²) in [6, 6.07) is 0. The van der Waals surface area contributed by atoms with Crippen molar-refractivity contribution in [2.75, 3.05) is 24.6 Å². The number of amides is 1. The number of nitrogens with one attached hydrogen (secondary N) is 1. The average Bonchev–Trinajstić information content (AvgIpc) is 1.88. The van der Waals surface area contributed by atoms with E-state index in [1.165, 1.54) is 4.90 Å². The third-order valence-electron chi connectivity index (χ3n) is 1.49. The van der Waals surface area contributed by atoms with E-state index in [-0.39, 0.29) is 10.7 Å². The molecule has 10 heavy (non-hydrogen) atoms. The maximum atomic E-state index is 10.3. The fourth-order valence-electron chi connectivity index (χ4n) is 0.846. The largest absolute Gasteiger partial charge is 0.465 e. The van der Waals surface area contributed by atoms with Gasteiger partial charge in [0.25, 0.3) is 0 Å². The number of rotatable bonds is 0. The summed E-state index contributed by atoms with van der Waals surface area (Å²) in [5.41, 5.74) is 0. The average molecular weight is 162 g/mol. The monoisotopic (exact) mass is 162 g/mol. The van der Waals surface area contributed by atoms with Gasteiger partial charge in [-0.15, -0.1) is 10.7 Å². The van der Waals surface area contributed by atoms with Crippen LogP contribution in [0.25, 0.3) is 0 Å². The first-order valence-electron chi connectivity index (χ1n) is 3.07. The molecule has 0 bridgehead atoms. The minimum absolute atomic E-state index is 0.282. The first kappa shape index (κ1) is 7.53. The minimum Gasteiger partial charge on any atom is -0.465 e. The lowest BCUT2D eigenvalue weighted by Gasteiger charge is -2.24. The zero-order chi connectivity index (χ0) is 7.56. The molecule has 0 spiro atoms. The van der Waals surface area contributed by atoms with Gasteiger partial charge in [-0.3, -0.25) is 4.78 Å². The van der Waals surface area contributed by atoms with Crippen molar-refractivity contribution in [1.82, 2.24) is 4.90 Å². The summed E-state index contributed by atoms with van der Waals surface area (Å²) in [5.74, 6) is 1.43. The number of hydrogen-bond acceptors (Lipinski definition) is 2. The molecule has 2 N–H and O–H groups in total. The van der Waals surface area contributed by atoms with Gasteiger partial charge in [-0.25, -0.2) is 4.79 Å². The van der Waals surface area contributed by atoms with Crippen molar-refractivity contribution in [3.63, 3.8) is 0 Å². The first-order chi connectivity index (χ1) is 4.70. The van der Waals surface area contributed by atoms with Crippen molar-refractivity contribution in [3.05, 3.63) is 0 Å². The van der Waals surface area contributed by atoms with Crippen molar-refractivity contribution in [1.29, 1.82) is 4.78 Å². The molecule has 0 unspecified atom stereocenters. The van der Waals surface area contributed by atoms with Crippen molar-refractivity contribution in [3.8, 4) is 0 Å². The van der Waals surface area contributed by atoms with Crippen LogP contribution in [0.3, 0.4) is 0 Å². The predicted octanol–water partition coefficient (Wildman–Crippen LogP) is 0.361. The van der Waals surface area contributed by atoms with Crippen LogP contribution in [0.15, 0.2) is 0 Å². The normalized spacial score (nSPS) is 21.0. The van der Waals surface area contributed by atoms with E-state index in [0.717, 1.165) is 0 Å². The van der Waals surface area contributed by atoms with E-state index in [9.17, 15) is 4.79 Å². The number of hydrogen-bond donors (Lipinski definition) is 2. The van der Waals surface area contributed by atoms with Crippen LogP contribution in [0, 0.1) is 4.78 Å². The summed E-state index contributed by atoms with van der Waals surface area (Å²) < 4.78 is 7.31. The zero-order valence-electron chi connectivity index (χ0n) is 5.54. The van der Waals surface area contributed by atoms with Crippen molar-refractivity contribution in [2.45, 2.75) is 0 Å². The standard InChI is InChI=1S/C5H10N2O2S/c6-10-3-1-7(2-4-10)5(8)9/h6H,1-4H2,(H,8,9). The third kappa shape index (κ3) is 1.70. The molecule has 1 saturated heterocycles. The van der Waals surface area contributed by atoms with Crippen LogP contribution >= 0.6 is 0 Å². The highest BCUT2D eigenvalue weighted by molar-refractivity contribution is 7.86. The number of carbonyl (C=O) groups is 1. The van der Waals surface area contributed by atoms with Crippen LogP contribution in [0.5, 0.6) is 0 Å². The van der Waals surface area contributed by atoms with Gasteiger partial charge in [0, 0.05) is 24.6 Å². The Kier molecular flexibility index (Phi) is 2.26. The summed E-state index contributed by atoms with van der Waals surface area (Å²) in [7, 11) is -0.282. The quantitative estimate of drug-likeness (QED) is 0.540.